The van der Waals surface area contributed by atoms with Gasteiger partial charge in [0, 0.05) is 41.0 Å². The van der Waals surface area contributed by atoms with E-state index in [0.29, 0.717) is 6.42 Å². The molecule has 4 rings (SSSR count). The first-order valence-corrected chi connectivity index (χ1v) is 8.80. The Hall–Kier alpha value is -2.66. The molecule has 1 aromatic heterocycles. The second kappa shape index (κ2) is 6.45. The third-order valence-corrected chi connectivity index (χ3v) is 4.92. The van der Waals surface area contributed by atoms with Crippen LogP contribution in [0.3, 0.4) is 0 Å². The maximum atomic E-state index is 12.4. The van der Waals surface area contributed by atoms with Crippen LogP contribution >= 0.6 is 11.3 Å². The first-order valence-electron chi connectivity index (χ1n) is 7.92. The summed E-state index contributed by atoms with van der Waals surface area (Å²) in [7, 11) is 0. The van der Waals surface area contributed by atoms with E-state index >= 15 is 0 Å². The van der Waals surface area contributed by atoms with Gasteiger partial charge in [-0.1, -0.05) is 30.3 Å². The van der Waals surface area contributed by atoms with Gasteiger partial charge in [-0.3, -0.25) is 4.79 Å². The largest absolute Gasteiger partial charge is 0.381 e. The molecule has 1 atom stereocenters. The van der Waals surface area contributed by atoms with Crippen LogP contribution in [0.1, 0.15) is 12.0 Å². The quantitative estimate of drug-likeness (QED) is 0.752. The number of carbonyl (C=O) groups excluding carboxylic acids is 1. The van der Waals surface area contributed by atoms with Crippen molar-refractivity contribution >= 4 is 28.6 Å². The second-order valence-corrected chi connectivity index (χ2v) is 6.77. The Bertz CT molecular complexity index is 836. The minimum absolute atomic E-state index is 0.0246. The monoisotopic (exact) mass is 335 g/mol. The van der Waals surface area contributed by atoms with E-state index in [1.165, 1.54) is 5.56 Å². The van der Waals surface area contributed by atoms with Crippen molar-refractivity contribution in [3.8, 4) is 10.6 Å². The number of para-hydroxylation sites is 1. The van der Waals surface area contributed by atoms with Crippen LogP contribution in [0, 0.1) is 0 Å². The predicted octanol–water partition coefficient (Wildman–Crippen LogP) is 4.18. The van der Waals surface area contributed by atoms with Crippen molar-refractivity contribution in [3.63, 3.8) is 0 Å². The number of fused-ring (bicyclic) bond motifs is 1. The number of aromatic nitrogens is 1. The van der Waals surface area contributed by atoms with Crippen molar-refractivity contribution in [1.29, 1.82) is 0 Å². The number of rotatable bonds is 4. The highest BCUT2D eigenvalue weighted by Gasteiger charge is 2.22. The van der Waals surface area contributed by atoms with Gasteiger partial charge < -0.3 is 10.6 Å². The van der Waals surface area contributed by atoms with Crippen molar-refractivity contribution in [2.75, 3.05) is 10.6 Å². The molecule has 0 saturated carbocycles. The number of benzene rings is 2. The Labute approximate surface area is 144 Å². The van der Waals surface area contributed by atoms with E-state index in [1.807, 2.05) is 41.8 Å². The molecule has 0 spiro atoms. The number of nitrogens with zero attached hydrogens (tertiary/aromatic N) is 1. The molecular formula is C19H17N3OS. The lowest BCUT2D eigenvalue weighted by Gasteiger charge is -2.12. The van der Waals surface area contributed by atoms with E-state index in [2.05, 4.69) is 27.8 Å². The Morgan fingerprint density at radius 1 is 1.25 bits per heavy atom. The Morgan fingerprint density at radius 2 is 2.17 bits per heavy atom. The number of thiazole rings is 1. The Morgan fingerprint density at radius 3 is 3.00 bits per heavy atom. The lowest BCUT2D eigenvalue weighted by Crippen LogP contribution is -2.24. The highest BCUT2D eigenvalue weighted by molar-refractivity contribution is 7.13. The van der Waals surface area contributed by atoms with Crippen LogP contribution in [0.4, 0.5) is 11.4 Å². The molecular weight excluding hydrogens is 318 g/mol. The molecule has 1 amide bonds. The summed E-state index contributed by atoms with van der Waals surface area (Å²) in [4.78, 5) is 16.7. The van der Waals surface area contributed by atoms with E-state index in [0.717, 1.165) is 28.4 Å². The average Bonchev–Trinajstić information content (AvgIpc) is 3.24. The van der Waals surface area contributed by atoms with Crippen LogP contribution in [-0.4, -0.2) is 16.9 Å². The van der Waals surface area contributed by atoms with Gasteiger partial charge in [0.1, 0.15) is 5.01 Å². The summed E-state index contributed by atoms with van der Waals surface area (Å²) < 4.78 is 0. The van der Waals surface area contributed by atoms with E-state index in [9.17, 15) is 4.79 Å². The smallest absolute Gasteiger partial charge is 0.226 e. The highest BCUT2D eigenvalue weighted by Crippen LogP contribution is 2.27. The number of amides is 1. The number of carbonyl (C=O) groups is 1. The number of hydrogen-bond donors (Lipinski definition) is 2. The van der Waals surface area contributed by atoms with Gasteiger partial charge in [0.2, 0.25) is 5.91 Å². The average molecular weight is 335 g/mol. The van der Waals surface area contributed by atoms with Crippen LogP contribution in [0.5, 0.6) is 0 Å². The molecule has 3 aromatic rings. The zero-order chi connectivity index (χ0) is 16.4. The van der Waals surface area contributed by atoms with E-state index in [4.69, 9.17) is 0 Å². The van der Waals surface area contributed by atoms with E-state index in [-0.39, 0.29) is 11.9 Å². The molecule has 120 valence electrons. The number of nitrogens with one attached hydrogen (secondary N) is 2. The molecule has 1 aliphatic rings. The van der Waals surface area contributed by atoms with E-state index in [1.54, 1.807) is 17.5 Å². The number of anilines is 2. The summed E-state index contributed by atoms with van der Waals surface area (Å²) in [6.45, 7) is 0. The SMILES string of the molecule is O=C(C[C@@H]1Cc2ccccc2N1)Nc1cccc(-c2nccs2)c1. The summed E-state index contributed by atoms with van der Waals surface area (Å²) in [5, 5.41) is 9.32. The van der Waals surface area contributed by atoms with Gasteiger partial charge in [-0.05, 0) is 30.2 Å². The Kier molecular flexibility index (Phi) is 4.01. The van der Waals surface area contributed by atoms with Gasteiger partial charge in [-0.25, -0.2) is 4.98 Å². The Balaban J connectivity index is 1.40. The van der Waals surface area contributed by atoms with Crippen molar-refractivity contribution in [2.24, 2.45) is 0 Å². The first kappa shape index (κ1) is 14.9. The van der Waals surface area contributed by atoms with Crippen molar-refractivity contribution in [2.45, 2.75) is 18.9 Å². The molecule has 2 N–H and O–H groups in total. The fourth-order valence-corrected chi connectivity index (χ4v) is 3.67. The standard InChI is InChI=1S/C19H17N3OS/c23-18(12-16-10-13-4-1-2-7-17(13)21-16)22-15-6-3-5-14(11-15)19-20-8-9-24-19/h1-9,11,16,21H,10,12H2,(H,22,23)/t16-/m0/s1. The molecule has 1 aliphatic heterocycles. The van der Waals surface area contributed by atoms with Crippen LogP contribution < -0.4 is 10.6 Å². The minimum Gasteiger partial charge on any atom is -0.381 e. The molecule has 0 bridgehead atoms. The molecule has 2 heterocycles. The van der Waals surface area contributed by atoms with Crippen LogP contribution in [0.25, 0.3) is 10.6 Å². The fourth-order valence-electron chi connectivity index (χ4n) is 3.03. The van der Waals surface area contributed by atoms with Crippen molar-refractivity contribution in [3.05, 3.63) is 65.7 Å². The maximum Gasteiger partial charge on any atom is 0.226 e. The summed E-state index contributed by atoms with van der Waals surface area (Å²) in [5.74, 6) is 0.0246. The molecule has 24 heavy (non-hydrogen) atoms. The van der Waals surface area contributed by atoms with Crippen LogP contribution in [0.15, 0.2) is 60.1 Å². The summed E-state index contributed by atoms with van der Waals surface area (Å²) in [6.07, 6.45) is 3.13. The van der Waals surface area contributed by atoms with Gasteiger partial charge >= 0.3 is 0 Å². The highest BCUT2D eigenvalue weighted by atomic mass is 32.1. The zero-order valence-corrected chi connectivity index (χ0v) is 13.8. The lowest BCUT2D eigenvalue weighted by molar-refractivity contribution is -0.116. The molecule has 0 aliphatic carbocycles. The summed E-state index contributed by atoms with van der Waals surface area (Å²) in [6, 6.07) is 16.2. The third kappa shape index (κ3) is 3.16. The number of hydrogen-bond acceptors (Lipinski definition) is 4. The molecule has 0 radical (unpaired) electrons. The summed E-state index contributed by atoms with van der Waals surface area (Å²) >= 11 is 1.59. The molecule has 0 unspecified atom stereocenters. The van der Waals surface area contributed by atoms with E-state index < -0.39 is 0 Å². The van der Waals surface area contributed by atoms with Crippen LogP contribution in [-0.2, 0) is 11.2 Å². The zero-order valence-electron chi connectivity index (χ0n) is 13.0. The van der Waals surface area contributed by atoms with Crippen molar-refractivity contribution in [1.82, 2.24) is 4.98 Å². The second-order valence-electron chi connectivity index (χ2n) is 5.87. The minimum atomic E-state index is 0.0246. The fraction of sp³-hybridized carbons (Fsp3) is 0.158. The lowest BCUT2D eigenvalue weighted by atomic mass is 10.1. The van der Waals surface area contributed by atoms with Gasteiger partial charge in [0.25, 0.3) is 0 Å². The van der Waals surface area contributed by atoms with Gasteiger partial charge in [-0.2, -0.15) is 0 Å². The summed E-state index contributed by atoms with van der Waals surface area (Å²) in [5.41, 5.74) is 4.25. The topological polar surface area (TPSA) is 54.0 Å². The molecule has 5 heteroatoms. The van der Waals surface area contributed by atoms with Crippen LogP contribution in [0.2, 0.25) is 0 Å². The van der Waals surface area contributed by atoms with Gasteiger partial charge in [0.15, 0.2) is 0 Å². The molecule has 0 saturated heterocycles. The maximum absolute atomic E-state index is 12.4. The molecule has 2 aromatic carbocycles. The molecule has 4 nitrogen and oxygen atoms in total. The molecule has 0 fully saturated rings. The van der Waals surface area contributed by atoms with Crippen molar-refractivity contribution < 1.29 is 4.79 Å². The first-order chi connectivity index (χ1) is 11.8. The van der Waals surface area contributed by atoms with Gasteiger partial charge in [0.05, 0.1) is 0 Å². The van der Waals surface area contributed by atoms with Gasteiger partial charge in [-0.15, -0.1) is 11.3 Å². The normalized spacial score (nSPS) is 15.6. The predicted molar refractivity (Wildman–Crippen MR) is 98.4 cm³/mol. The third-order valence-electron chi connectivity index (χ3n) is 4.10.